The number of hydrogen-bond donors (Lipinski definition) is 2. The van der Waals surface area contributed by atoms with Crippen LogP contribution in [-0.2, 0) is 13.6 Å². The zero-order valence-electron chi connectivity index (χ0n) is 19.3. The molecule has 0 radical (unpaired) electrons. The van der Waals surface area contributed by atoms with Crippen molar-refractivity contribution < 1.29 is 4.79 Å². The van der Waals surface area contributed by atoms with Gasteiger partial charge >= 0.3 is 0 Å². The summed E-state index contributed by atoms with van der Waals surface area (Å²) in [5, 5.41) is 12.7. The molecule has 174 valence electrons. The number of nitrogens with zero attached hydrogens (tertiary/aromatic N) is 7. The van der Waals surface area contributed by atoms with Crippen molar-refractivity contribution in [3.8, 4) is 11.3 Å². The van der Waals surface area contributed by atoms with Gasteiger partial charge in [0.05, 0.1) is 11.3 Å². The van der Waals surface area contributed by atoms with Gasteiger partial charge in [0, 0.05) is 75.9 Å². The van der Waals surface area contributed by atoms with Crippen LogP contribution in [0, 0.1) is 0 Å². The Morgan fingerprint density at radius 2 is 1.88 bits per heavy atom. The topological polar surface area (TPSA) is 118 Å². The van der Waals surface area contributed by atoms with Crippen LogP contribution in [0.4, 0.5) is 11.6 Å². The van der Waals surface area contributed by atoms with Gasteiger partial charge in [-0.3, -0.25) is 9.69 Å². The fourth-order valence-corrected chi connectivity index (χ4v) is 4.34. The number of fused-ring (bicyclic) bond motifs is 1. The number of aromatic nitrogens is 5. The maximum Gasteiger partial charge on any atom is 0.250 e. The van der Waals surface area contributed by atoms with Gasteiger partial charge in [-0.1, -0.05) is 0 Å². The van der Waals surface area contributed by atoms with Gasteiger partial charge in [0.15, 0.2) is 0 Å². The number of nitrogens with two attached hydrogens (primary N) is 1. The zero-order valence-corrected chi connectivity index (χ0v) is 19.3. The first-order valence-electron chi connectivity index (χ1n) is 11.2. The van der Waals surface area contributed by atoms with E-state index in [0.717, 1.165) is 66.7 Å². The van der Waals surface area contributed by atoms with Crippen LogP contribution in [0.3, 0.4) is 0 Å². The maximum atomic E-state index is 11.3. The monoisotopic (exact) mass is 457 g/mol. The fraction of sp³-hybridized carbons (Fsp3) is 0.292. The van der Waals surface area contributed by atoms with Crippen LogP contribution in [0.1, 0.15) is 16.1 Å². The summed E-state index contributed by atoms with van der Waals surface area (Å²) in [5.74, 6) is 1.15. The van der Waals surface area contributed by atoms with Crippen molar-refractivity contribution in [2.45, 2.75) is 6.54 Å². The van der Waals surface area contributed by atoms with E-state index in [0.29, 0.717) is 5.56 Å². The lowest BCUT2D eigenvalue weighted by molar-refractivity contribution is 0.1000. The Labute approximate surface area is 197 Å². The third-order valence-electron chi connectivity index (χ3n) is 6.34. The van der Waals surface area contributed by atoms with Gasteiger partial charge in [-0.15, -0.1) is 10.2 Å². The van der Waals surface area contributed by atoms with Crippen molar-refractivity contribution in [1.29, 1.82) is 0 Å². The molecule has 4 aromatic rings. The lowest BCUT2D eigenvalue weighted by atomic mass is 10.1. The number of amides is 1. The van der Waals surface area contributed by atoms with Crippen LogP contribution in [-0.4, -0.2) is 68.8 Å². The number of anilines is 2. The second-order valence-corrected chi connectivity index (χ2v) is 8.38. The lowest BCUT2D eigenvalue weighted by Crippen LogP contribution is -2.46. The molecule has 0 saturated carbocycles. The Morgan fingerprint density at radius 1 is 1.06 bits per heavy atom. The first-order chi connectivity index (χ1) is 16.5. The first kappa shape index (κ1) is 21.8. The van der Waals surface area contributed by atoms with Crippen molar-refractivity contribution in [3.05, 3.63) is 60.0 Å². The van der Waals surface area contributed by atoms with Crippen LogP contribution in [0.25, 0.3) is 22.3 Å². The minimum absolute atomic E-state index is 0.426. The third kappa shape index (κ3) is 4.15. The van der Waals surface area contributed by atoms with Gasteiger partial charge in [0.1, 0.15) is 17.3 Å². The van der Waals surface area contributed by atoms with Gasteiger partial charge in [0.25, 0.3) is 0 Å². The van der Waals surface area contributed by atoms with E-state index in [9.17, 15) is 4.79 Å². The molecule has 1 fully saturated rings. The molecule has 1 aliphatic rings. The highest BCUT2D eigenvalue weighted by atomic mass is 16.1. The largest absolute Gasteiger partial charge is 0.372 e. The smallest absolute Gasteiger partial charge is 0.250 e. The van der Waals surface area contributed by atoms with Crippen LogP contribution in [0.5, 0.6) is 0 Å². The van der Waals surface area contributed by atoms with Crippen molar-refractivity contribution in [1.82, 2.24) is 29.6 Å². The standard InChI is InChI=1S/C24H27N9O/c1-26-21-5-4-20(29-30-21)18-7-8-27-24-19(18)13-17(31(24)2)15-32-9-11-33(12-10-32)22-6-3-16(14-28-22)23(25)34/h3-8,13-14H,9-12,15H2,1-2H3,(H2,25,34)(H,26,30). The van der Waals surface area contributed by atoms with E-state index in [1.807, 2.05) is 37.5 Å². The predicted molar refractivity (Wildman–Crippen MR) is 132 cm³/mol. The molecule has 1 saturated heterocycles. The molecule has 0 spiro atoms. The van der Waals surface area contributed by atoms with E-state index in [1.54, 1.807) is 12.3 Å². The predicted octanol–water partition coefficient (Wildman–Crippen LogP) is 1.89. The zero-order chi connectivity index (χ0) is 23.7. The third-order valence-corrected chi connectivity index (χ3v) is 6.34. The molecule has 5 heterocycles. The van der Waals surface area contributed by atoms with Crippen molar-refractivity contribution in [3.63, 3.8) is 0 Å². The number of carbonyl (C=O) groups excluding carboxylic acids is 1. The average molecular weight is 458 g/mol. The van der Waals surface area contributed by atoms with E-state index < -0.39 is 5.91 Å². The van der Waals surface area contributed by atoms with Gasteiger partial charge in [0.2, 0.25) is 5.91 Å². The summed E-state index contributed by atoms with van der Waals surface area (Å²) in [7, 11) is 3.89. The summed E-state index contributed by atoms with van der Waals surface area (Å²) >= 11 is 0. The highest BCUT2D eigenvalue weighted by Crippen LogP contribution is 2.29. The molecule has 3 N–H and O–H groups in total. The van der Waals surface area contributed by atoms with Crippen molar-refractivity contribution >= 4 is 28.6 Å². The highest BCUT2D eigenvalue weighted by Gasteiger charge is 2.21. The number of pyridine rings is 2. The van der Waals surface area contributed by atoms with E-state index in [1.165, 1.54) is 5.69 Å². The van der Waals surface area contributed by atoms with Crippen molar-refractivity contribution in [2.75, 3.05) is 43.4 Å². The molecular weight excluding hydrogens is 430 g/mol. The Hall–Kier alpha value is -4.05. The van der Waals surface area contributed by atoms with Crippen molar-refractivity contribution in [2.24, 2.45) is 12.8 Å². The van der Waals surface area contributed by atoms with Crippen LogP contribution in [0.2, 0.25) is 0 Å². The number of aryl methyl sites for hydroxylation is 1. The van der Waals surface area contributed by atoms with Gasteiger partial charge in [-0.2, -0.15) is 0 Å². The Kier molecular flexibility index (Phi) is 5.81. The van der Waals surface area contributed by atoms with E-state index in [-0.39, 0.29) is 0 Å². The summed E-state index contributed by atoms with van der Waals surface area (Å²) in [6.07, 6.45) is 3.37. The molecule has 10 heteroatoms. The molecule has 0 aliphatic carbocycles. The van der Waals surface area contributed by atoms with E-state index in [2.05, 4.69) is 53.0 Å². The number of rotatable bonds is 6. The van der Waals surface area contributed by atoms with Gasteiger partial charge in [-0.05, 0) is 36.4 Å². The Balaban J connectivity index is 1.31. The fourth-order valence-electron chi connectivity index (χ4n) is 4.34. The number of piperazine rings is 1. The van der Waals surface area contributed by atoms with Crippen LogP contribution >= 0.6 is 0 Å². The summed E-state index contributed by atoms with van der Waals surface area (Å²) in [5.41, 5.74) is 9.73. The summed E-state index contributed by atoms with van der Waals surface area (Å²) in [6.45, 7) is 4.39. The molecule has 5 rings (SSSR count). The summed E-state index contributed by atoms with van der Waals surface area (Å²) in [4.78, 5) is 25.0. The Morgan fingerprint density at radius 3 is 2.53 bits per heavy atom. The minimum atomic E-state index is -0.460. The first-order valence-corrected chi connectivity index (χ1v) is 11.2. The lowest BCUT2D eigenvalue weighted by Gasteiger charge is -2.35. The quantitative estimate of drug-likeness (QED) is 0.451. The molecule has 4 aromatic heterocycles. The minimum Gasteiger partial charge on any atom is -0.372 e. The summed E-state index contributed by atoms with van der Waals surface area (Å²) < 4.78 is 2.16. The highest BCUT2D eigenvalue weighted by molar-refractivity contribution is 5.93. The van der Waals surface area contributed by atoms with Crippen LogP contribution in [0.15, 0.2) is 48.8 Å². The second kappa shape index (κ2) is 9.06. The molecular formula is C24H27N9O. The normalized spacial score (nSPS) is 14.5. The van der Waals surface area contributed by atoms with Crippen LogP contribution < -0.4 is 16.0 Å². The maximum absolute atomic E-state index is 11.3. The average Bonchev–Trinajstić information content (AvgIpc) is 3.20. The van der Waals surface area contributed by atoms with E-state index >= 15 is 0 Å². The number of hydrogen-bond acceptors (Lipinski definition) is 8. The second-order valence-electron chi connectivity index (χ2n) is 8.38. The number of carbonyl (C=O) groups is 1. The van der Waals surface area contributed by atoms with E-state index in [4.69, 9.17) is 5.73 Å². The molecule has 0 unspecified atom stereocenters. The molecule has 10 nitrogen and oxygen atoms in total. The number of primary amides is 1. The molecule has 1 amide bonds. The molecule has 0 atom stereocenters. The van der Waals surface area contributed by atoms with Gasteiger partial charge in [-0.25, -0.2) is 9.97 Å². The van der Waals surface area contributed by atoms with Gasteiger partial charge < -0.3 is 20.5 Å². The molecule has 34 heavy (non-hydrogen) atoms. The number of nitrogens with one attached hydrogen (secondary N) is 1. The molecule has 1 aliphatic heterocycles. The Bertz CT molecular complexity index is 1310. The summed E-state index contributed by atoms with van der Waals surface area (Å²) in [6, 6.07) is 11.7. The molecule has 0 bridgehead atoms. The molecule has 0 aromatic carbocycles. The SMILES string of the molecule is CNc1ccc(-c2ccnc3c2cc(CN2CCN(c4ccc(C(N)=O)cn4)CC2)n3C)nn1.